The number of hydrogen-bond acceptors (Lipinski definition) is 4. The van der Waals surface area contributed by atoms with Crippen molar-refractivity contribution in [2.75, 3.05) is 26.4 Å². The molecule has 1 aliphatic rings. The molecule has 0 aromatic carbocycles. The number of ether oxygens (including phenoxy) is 2. The van der Waals surface area contributed by atoms with Gasteiger partial charge in [0.2, 0.25) is 0 Å². The van der Waals surface area contributed by atoms with Crippen LogP contribution in [0.15, 0.2) is 23.1 Å². The minimum Gasteiger partial charge on any atom is -0.379 e. The van der Waals surface area contributed by atoms with Crippen LogP contribution in [0.3, 0.4) is 0 Å². The number of amides is 1. The van der Waals surface area contributed by atoms with Gasteiger partial charge in [0.25, 0.3) is 11.5 Å². The van der Waals surface area contributed by atoms with Gasteiger partial charge in [0.15, 0.2) is 0 Å². The van der Waals surface area contributed by atoms with Crippen molar-refractivity contribution in [2.45, 2.75) is 25.4 Å². The molecule has 2 heterocycles. The van der Waals surface area contributed by atoms with E-state index < -0.39 is 0 Å². The molecule has 2 N–H and O–H groups in total. The molecular weight excluding hydrogens is 260 g/mol. The Labute approximate surface area is 117 Å². The topological polar surface area (TPSA) is 80.4 Å². The molecule has 1 amide bonds. The molecule has 1 saturated heterocycles. The maximum atomic E-state index is 11.7. The van der Waals surface area contributed by atoms with Crippen molar-refractivity contribution in [3.8, 4) is 0 Å². The van der Waals surface area contributed by atoms with Crippen molar-refractivity contribution in [1.82, 2.24) is 10.3 Å². The van der Waals surface area contributed by atoms with Crippen molar-refractivity contribution in [2.24, 2.45) is 0 Å². The molecule has 0 spiro atoms. The van der Waals surface area contributed by atoms with Gasteiger partial charge < -0.3 is 19.8 Å². The minimum atomic E-state index is -0.375. The van der Waals surface area contributed by atoms with Crippen molar-refractivity contribution >= 4 is 5.91 Å². The number of H-pyrrole nitrogens is 1. The summed E-state index contributed by atoms with van der Waals surface area (Å²) < 4.78 is 10.9. The molecule has 1 fully saturated rings. The number of rotatable bonds is 7. The number of carbonyl (C=O) groups excluding carboxylic acids is 1. The van der Waals surface area contributed by atoms with Crippen LogP contribution in [0.4, 0.5) is 0 Å². The molecule has 110 valence electrons. The molecule has 0 saturated carbocycles. The largest absolute Gasteiger partial charge is 0.379 e. The molecule has 1 aromatic rings. The number of nitrogens with one attached hydrogen (secondary N) is 2. The molecule has 6 nitrogen and oxygen atoms in total. The fraction of sp³-hybridized carbons (Fsp3) is 0.571. The van der Waals surface area contributed by atoms with E-state index in [-0.39, 0.29) is 23.1 Å². The quantitative estimate of drug-likeness (QED) is 0.720. The fourth-order valence-corrected chi connectivity index (χ4v) is 2.06. The summed E-state index contributed by atoms with van der Waals surface area (Å²) in [5, 5.41) is 2.70. The second-order valence-electron chi connectivity index (χ2n) is 4.73. The van der Waals surface area contributed by atoms with Gasteiger partial charge in [0, 0.05) is 26.0 Å². The van der Waals surface area contributed by atoms with Crippen molar-refractivity contribution in [1.29, 1.82) is 0 Å². The maximum absolute atomic E-state index is 11.7. The van der Waals surface area contributed by atoms with Crippen LogP contribution in [0.25, 0.3) is 0 Å². The lowest BCUT2D eigenvalue weighted by atomic mass is 10.2. The van der Waals surface area contributed by atoms with Crippen LogP contribution in [0, 0.1) is 0 Å². The van der Waals surface area contributed by atoms with Crippen molar-refractivity contribution in [3.63, 3.8) is 0 Å². The average Bonchev–Trinajstić information content (AvgIpc) is 2.96. The first-order valence-electron chi connectivity index (χ1n) is 6.92. The van der Waals surface area contributed by atoms with Gasteiger partial charge in [0.1, 0.15) is 5.56 Å². The molecule has 20 heavy (non-hydrogen) atoms. The Morgan fingerprint density at radius 1 is 1.55 bits per heavy atom. The highest BCUT2D eigenvalue weighted by molar-refractivity contribution is 5.93. The van der Waals surface area contributed by atoms with E-state index in [0.717, 1.165) is 19.4 Å². The lowest BCUT2D eigenvalue weighted by Gasteiger charge is -2.10. The normalized spacial score (nSPS) is 18.1. The van der Waals surface area contributed by atoms with E-state index in [1.54, 1.807) is 6.07 Å². The first kappa shape index (κ1) is 14.7. The summed E-state index contributed by atoms with van der Waals surface area (Å²) in [6, 6.07) is 3.13. The van der Waals surface area contributed by atoms with Crippen molar-refractivity contribution < 1.29 is 14.3 Å². The number of aromatic nitrogens is 1. The zero-order valence-corrected chi connectivity index (χ0v) is 11.4. The second-order valence-corrected chi connectivity index (χ2v) is 4.73. The zero-order valence-electron chi connectivity index (χ0n) is 11.4. The van der Waals surface area contributed by atoms with Gasteiger partial charge in [-0.15, -0.1) is 0 Å². The smallest absolute Gasteiger partial charge is 0.260 e. The van der Waals surface area contributed by atoms with E-state index in [1.807, 2.05) is 0 Å². The number of aromatic amines is 1. The molecule has 0 aliphatic carbocycles. The molecule has 1 atom stereocenters. The van der Waals surface area contributed by atoms with E-state index >= 15 is 0 Å². The highest BCUT2D eigenvalue weighted by Gasteiger charge is 2.15. The first-order valence-corrected chi connectivity index (χ1v) is 6.92. The molecule has 0 bridgehead atoms. The Morgan fingerprint density at radius 2 is 2.45 bits per heavy atom. The van der Waals surface area contributed by atoms with Crippen LogP contribution in [0.2, 0.25) is 0 Å². The zero-order chi connectivity index (χ0) is 14.2. The summed E-state index contributed by atoms with van der Waals surface area (Å²) in [5.41, 5.74) is -0.243. The van der Waals surface area contributed by atoms with Crippen LogP contribution < -0.4 is 10.9 Å². The third kappa shape index (κ3) is 4.47. The second kappa shape index (κ2) is 7.81. The van der Waals surface area contributed by atoms with Crippen molar-refractivity contribution in [3.05, 3.63) is 34.2 Å². The third-order valence-corrected chi connectivity index (χ3v) is 3.14. The number of hydrogen-bond donors (Lipinski definition) is 2. The van der Waals surface area contributed by atoms with E-state index in [4.69, 9.17) is 9.47 Å². The lowest BCUT2D eigenvalue weighted by Crippen LogP contribution is -2.30. The first-order chi connectivity index (χ1) is 9.77. The summed E-state index contributed by atoms with van der Waals surface area (Å²) in [5.74, 6) is -0.356. The summed E-state index contributed by atoms with van der Waals surface area (Å²) in [6.45, 7) is 2.51. The Morgan fingerprint density at radius 3 is 3.20 bits per heavy atom. The van der Waals surface area contributed by atoms with Crippen LogP contribution in [-0.4, -0.2) is 43.4 Å². The summed E-state index contributed by atoms with van der Waals surface area (Å²) in [4.78, 5) is 25.6. The van der Waals surface area contributed by atoms with Gasteiger partial charge in [-0.25, -0.2) is 0 Å². The van der Waals surface area contributed by atoms with E-state index in [9.17, 15) is 9.59 Å². The predicted molar refractivity (Wildman–Crippen MR) is 73.8 cm³/mol. The number of pyridine rings is 1. The Hall–Kier alpha value is -1.66. The van der Waals surface area contributed by atoms with Crippen LogP contribution in [-0.2, 0) is 9.47 Å². The highest BCUT2D eigenvalue weighted by Crippen LogP contribution is 2.11. The SMILES string of the molecule is O=C(NCCCOCC1CCCO1)c1ccc[nH]c1=O. The monoisotopic (exact) mass is 280 g/mol. The van der Waals surface area contributed by atoms with Gasteiger partial charge in [0.05, 0.1) is 12.7 Å². The van der Waals surface area contributed by atoms with Gasteiger partial charge >= 0.3 is 0 Å². The molecule has 2 rings (SSSR count). The van der Waals surface area contributed by atoms with E-state index in [1.165, 1.54) is 12.3 Å². The summed E-state index contributed by atoms with van der Waals surface area (Å²) in [6.07, 6.45) is 4.61. The Kier molecular flexibility index (Phi) is 5.76. The molecule has 1 aliphatic heterocycles. The van der Waals surface area contributed by atoms with Gasteiger partial charge in [-0.1, -0.05) is 0 Å². The van der Waals surface area contributed by atoms with E-state index in [2.05, 4.69) is 10.3 Å². The Bertz CT molecular complexity index is 480. The molecular formula is C14H20N2O4. The third-order valence-electron chi connectivity index (χ3n) is 3.14. The van der Waals surface area contributed by atoms with Gasteiger partial charge in [-0.2, -0.15) is 0 Å². The Balaban J connectivity index is 1.58. The van der Waals surface area contributed by atoms with Crippen LogP contribution >= 0.6 is 0 Å². The fourth-order valence-electron chi connectivity index (χ4n) is 2.06. The molecule has 0 radical (unpaired) electrons. The predicted octanol–water partition coefficient (Wildman–Crippen LogP) is 0.690. The van der Waals surface area contributed by atoms with Gasteiger partial charge in [-0.05, 0) is 31.4 Å². The standard InChI is InChI=1S/C14H20N2O4/c17-13-12(5-1-6-15-13)14(18)16-7-3-8-19-10-11-4-2-9-20-11/h1,5-6,11H,2-4,7-10H2,(H,15,17)(H,16,18). The maximum Gasteiger partial charge on any atom is 0.260 e. The molecule has 1 aromatic heterocycles. The lowest BCUT2D eigenvalue weighted by molar-refractivity contribution is 0.0166. The molecule has 1 unspecified atom stereocenters. The van der Waals surface area contributed by atoms with Crippen LogP contribution in [0.1, 0.15) is 29.6 Å². The van der Waals surface area contributed by atoms with Gasteiger partial charge in [-0.3, -0.25) is 9.59 Å². The summed E-state index contributed by atoms with van der Waals surface area (Å²) >= 11 is 0. The summed E-state index contributed by atoms with van der Waals surface area (Å²) in [7, 11) is 0. The minimum absolute atomic E-state index is 0.132. The number of carbonyl (C=O) groups is 1. The molecule has 6 heteroatoms. The average molecular weight is 280 g/mol. The van der Waals surface area contributed by atoms with E-state index in [0.29, 0.717) is 26.2 Å². The van der Waals surface area contributed by atoms with Crippen LogP contribution in [0.5, 0.6) is 0 Å². The highest BCUT2D eigenvalue weighted by atomic mass is 16.5.